The maximum absolute atomic E-state index is 13.5. The Balaban J connectivity index is 1.43. The van der Waals surface area contributed by atoms with E-state index in [9.17, 15) is 22.4 Å². The van der Waals surface area contributed by atoms with Gasteiger partial charge in [0.2, 0.25) is 0 Å². The van der Waals surface area contributed by atoms with Crippen molar-refractivity contribution in [1.82, 2.24) is 14.9 Å². The molecule has 1 amide bonds. The molecule has 0 aliphatic carbocycles. The van der Waals surface area contributed by atoms with Crippen LogP contribution in [0.3, 0.4) is 0 Å². The van der Waals surface area contributed by atoms with E-state index in [4.69, 9.17) is 4.74 Å². The van der Waals surface area contributed by atoms with Gasteiger partial charge in [-0.3, -0.25) is 9.48 Å². The first kappa shape index (κ1) is 19.7. The molecule has 0 unspecified atom stereocenters. The number of halogens is 4. The number of rotatable bonds is 5. The van der Waals surface area contributed by atoms with Crippen molar-refractivity contribution in [3.8, 4) is 5.75 Å². The van der Waals surface area contributed by atoms with Gasteiger partial charge in [0.15, 0.2) is 5.82 Å². The Morgan fingerprint density at radius 1 is 1.30 bits per heavy atom. The second-order valence-electron chi connectivity index (χ2n) is 6.66. The first-order chi connectivity index (χ1) is 14.2. The standard InChI is InChI=1S/C18H15F4N5O3/c1-26-17(14(7-23-26)16(28)24-15-2-3-29-25-15)27-8-13(9-27)30-12-5-10(18(20,21)22)4-11(19)6-12/h2-7,13H,8-9H2,1H3,(H,24,25,28). The lowest BCUT2D eigenvalue weighted by atomic mass is 10.1. The minimum atomic E-state index is -4.67. The molecule has 30 heavy (non-hydrogen) atoms. The van der Waals surface area contributed by atoms with Crippen LogP contribution in [-0.2, 0) is 13.2 Å². The third-order valence-electron chi connectivity index (χ3n) is 4.48. The Morgan fingerprint density at radius 2 is 2.07 bits per heavy atom. The van der Waals surface area contributed by atoms with Gasteiger partial charge in [-0.25, -0.2) is 4.39 Å². The van der Waals surface area contributed by atoms with E-state index in [1.807, 2.05) is 0 Å². The van der Waals surface area contributed by atoms with Gasteiger partial charge in [-0.2, -0.15) is 18.3 Å². The Labute approximate surface area is 167 Å². The Hall–Kier alpha value is -3.57. The van der Waals surface area contributed by atoms with Gasteiger partial charge < -0.3 is 19.5 Å². The van der Waals surface area contributed by atoms with E-state index in [1.165, 1.54) is 23.2 Å². The highest BCUT2D eigenvalue weighted by Gasteiger charge is 2.35. The number of anilines is 2. The summed E-state index contributed by atoms with van der Waals surface area (Å²) in [4.78, 5) is 14.3. The minimum absolute atomic E-state index is 0.207. The number of nitrogens with one attached hydrogen (secondary N) is 1. The SMILES string of the molecule is Cn1ncc(C(=O)Nc2ccon2)c1N1CC(Oc2cc(F)cc(C(F)(F)F)c2)C1. The molecule has 0 radical (unpaired) electrons. The van der Waals surface area contributed by atoms with Crippen molar-refractivity contribution in [3.05, 3.63) is 53.7 Å². The third kappa shape index (κ3) is 3.93. The van der Waals surface area contributed by atoms with Crippen LogP contribution in [0.15, 0.2) is 41.2 Å². The van der Waals surface area contributed by atoms with Gasteiger partial charge in [0, 0.05) is 19.2 Å². The van der Waals surface area contributed by atoms with Crippen molar-refractivity contribution < 1.29 is 31.6 Å². The zero-order valence-corrected chi connectivity index (χ0v) is 15.5. The number of benzene rings is 1. The normalized spacial score (nSPS) is 14.5. The van der Waals surface area contributed by atoms with Crippen LogP contribution in [0, 0.1) is 5.82 Å². The molecule has 0 spiro atoms. The molecule has 3 aromatic rings. The highest BCUT2D eigenvalue weighted by molar-refractivity contribution is 6.07. The van der Waals surface area contributed by atoms with E-state index in [-0.39, 0.29) is 30.2 Å². The summed E-state index contributed by atoms with van der Waals surface area (Å²) < 4.78 is 63.7. The van der Waals surface area contributed by atoms with Crippen LogP contribution in [0.25, 0.3) is 0 Å². The summed E-state index contributed by atoms with van der Waals surface area (Å²) in [5.41, 5.74) is -0.837. The molecule has 3 heterocycles. The molecule has 0 atom stereocenters. The molecule has 1 aliphatic rings. The summed E-state index contributed by atoms with van der Waals surface area (Å²) in [5.74, 6) is -0.941. The van der Waals surface area contributed by atoms with Gasteiger partial charge in [0.1, 0.15) is 35.3 Å². The lowest BCUT2D eigenvalue weighted by Crippen LogP contribution is -2.55. The van der Waals surface area contributed by atoms with E-state index in [2.05, 4.69) is 20.1 Å². The fraction of sp³-hybridized carbons (Fsp3) is 0.278. The van der Waals surface area contributed by atoms with Gasteiger partial charge in [0.25, 0.3) is 5.91 Å². The van der Waals surface area contributed by atoms with Crippen LogP contribution in [0.1, 0.15) is 15.9 Å². The molecule has 1 N–H and O–H groups in total. The van der Waals surface area contributed by atoms with Crippen molar-refractivity contribution in [2.24, 2.45) is 7.05 Å². The minimum Gasteiger partial charge on any atom is -0.487 e. The van der Waals surface area contributed by atoms with E-state index >= 15 is 0 Å². The van der Waals surface area contributed by atoms with Gasteiger partial charge >= 0.3 is 6.18 Å². The van der Waals surface area contributed by atoms with E-state index in [0.717, 1.165) is 12.1 Å². The average molecular weight is 425 g/mol. The summed E-state index contributed by atoms with van der Waals surface area (Å²) in [6.07, 6.45) is -2.45. The van der Waals surface area contributed by atoms with Crippen molar-refractivity contribution in [2.75, 3.05) is 23.3 Å². The van der Waals surface area contributed by atoms with Crippen LogP contribution in [0.5, 0.6) is 5.75 Å². The number of alkyl halides is 3. The van der Waals surface area contributed by atoms with Crippen molar-refractivity contribution >= 4 is 17.5 Å². The number of carbonyl (C=O) groups excluding carboxylic acids is 1. The number of amides is 1. The number of carbonyl (C=O) groups is 1. The monoisotopic (exact) mass is 425 g/mol. The molecule has 158 valence electrons. The average Bonchev–Trinajstić information content (AvgIpc) is 3.26. The molecule has 1 saturated heterocycles. The maximum Gasteiger partial charge on any atom is 0.416 e. The molecular formula is C18H15F4N5O3. The molecular weight excluding hydrogens is 410 g/mol. The summed E-state index contributed by atoms with van der Waals surface area (Å²) in [6, 6.07) is 3.55. The van der Waals surface area contributed by atoms with Crippen LogP contribution in [-0.4, -0.2) is 40.0 Å². The first-order valence-electron chi connectivity index (χ1n) is 8.74. The fourth-order valence-electron chi connectivity index (χ4n) is 3.10. The number of aromatic nitrogens is 3. The van der Waals surface area contributed by atoms with Crippen molar-refractivity contribution in [2.45, 2.75) is 12.3 Å². The molecule has 0 bridgehead atoms. The first-order valence-corrected chi connectivity index (χ1v) is 8.74. The third-order valence-corrected chi connectivity index (χ3v) is 4.48. The van der Waals surface area contributed by atoms with Gasteiger partial charge in [-0.1, -0.05) is 5.16 Å². The number of aryl methyl sites for hydroxylation is 1. The zero-order valence-electron chi connectivity index (χ0n) is 15.5. The van der Waals surface area contributed by atoms with E-state index < -0.39 is 29.6 Å². The Bertz CT molecular complexity index is 1060. The second-order valence-corrected chi connectivity index (χ2v) is 6.66. The Kier molecular flexibility index (Phi) is 4.84. The highest BCUT2D eigenvalue weighted by atomic mass is 19.4. The van der Waals surface area contributed by atoms with Crippen LogP contribution >= 0.6 is 0 Å². The molecule has 8 nitrogen and oxygen atoms in total. The predicted octanol–water partition coefficient (Wildman–Crippen LogP) is 3.09. The van der Waals surface area contributed by atoms with E-state index in [1.54, 1.807) is 11.9 Å². The summed E-state index contributed by atoms with van der Waals surface area (Å²) in [5, 5.41) is 10.3. The van der Waals surface area contributed by atoms with Crippen molar-refractivity contribution in [1.29, 1.82) is 0 Å². The topological polar surface area (TPSA) is 85.4 Å². The molecule has 1 aliphatic heterocycles. The summed E-state index contributed by atoms with van der Waals surface area (Å²) >= 11 is 0. The van der Waals surface area contributed by atoms with Gasteiger partial charge in [0.05, 0.1) is 24.8 Å². The quantitative estimate of drug-likeness (QED) is 0.633. The lowest BCUT2D eigenvalue weighted by Gasteiger charge is -2.40. The van der Waals surface area contributed by atoms with Gasteiger partial charge in [-0.05, 0) is 12.1 Å². The number of ether oxygens (including phenoxy) is 1. The largest absolute Gasteiger partial charge is 0.487 e. The lowest BCUT2D eigenvalue weighted by molar-refractivity contribution is -0.137. The molecule has 12 heteroatoms. The smallest absolute Gasteiger partial charge is 0.416 e. The summed E-state index contributed by atoms with van der Waals surface area (Å²) in [6.45, 7) is 0.559. The highest BCUT2D eigenvalue weighted by Crippen LogP contribution is 2.34. The second kappa shape index (κ2) is 7.35. The van der Waals surface area contributed by atoms with Crippen LogP contribution < -0.4 is 15.0 Å². The van der Waals surface area contributed by atoms with Crippen molar-refractivity contribution in [3.63, 3.8) is 0 Å². The molecule has 0 saturated carbocycles. The number of hydrogen-bond donors (Lipinski definition) is 1. The summed E-state index contributed by atoms with van der Waals surface area (Å²) in [7, 11) is 1.65. The number of nitrogens with zero attached hydrogens (tertiary/aromatic N) is 4. The zero-order chi connectivity index (χ0) is 21.5. The molecule has 1 aromatic carbocycles. The van der Waals surface area contributed by atoms with Crippen LogP contribution in [0.2, 0.25) is 0 Å². The molecule has 1 fully saturated rings. The molecule has 4 rings (SSSR count). The Morgan fingerprint density at radius 3 is 2.73 bits per heavy atom. The van der Waals surface area contributed by atoms with E-state index in [0.29, 0.717) is 11.9 Å². The molecule has 2 aromatic heterocycles. The predicted molar refractivity (Wildman–Crippen MR) is 95.7 cm³/mol. The fourth-order valence-corrected chi connectivity index (χ4v) is 3.10. The van der Waals surface area contributed by atoms with Crippen LogP contribution in [0.4, 0.5) is 29.2 Å². The maximum atomic E-state index is 13.5. The van der Waals surface area contributed by atoms with Gasteiger partial charge in [-0.15, -0.1) is 0 Å². The number of hydrogen-bond acceptors (Lipinski definition) is 6.